The molecular weight excluding hydrogens is 452 g/mol. The zero-order valence-corrected chi connectivity index (χ0v) is 19.3. The smallest absolute Gasteiger partial charge is 0.239 e. The quantitative estimate of drug-likeness (QED) is 0.399. The Kier molecular flexibility index (Phi) is 9.17. The lowest BCUT2D eigenvalue weighted by atomic mass is 10.3. The standard InChI is InChI=1S/C20H21ClFN3OS2.ClH/c1-24(2)10-3-11-25(19(26)13-27-16-7-5-15(22)6-8-16)20-23-17-9-4-14(21)12-18(17)28-20;/h4-9,12H,3,10-11,13H2,1-2H3;1H. The van der Waals surface area contributed by atoms with Crippen molar-refractivity contribution in [3.8, 4) is 0 Å². The summed E-state index contributed by atoms with van der Waals surface area (Å²) in [7, 11) is 4.02. The van der Waals surface area contributed by atoms with E-state index in [1.165, 1.54) is 35.2 Å². The van der Waals surface area contributed by atoms with E-state index < -0.39 is 0 Å². The molecule has 0 radical (unpaired) electrons. The number of fused-ring (bicyclic) bond motifs is 1. The zero-order chi connectivity index (χ0) is 20.1. The van der Waals surface area contributed by atoms with Crippen LogP contribution in [0.15, 0.2) is 47.4 Å². The Morgan fingerprint density at radius 3 is 2.59 bits per heavy atom. The second kappa shape index (κ2) is 11.1. The monoisotopic (exact) mass is 473 g/mol. The number of hydrogen-bond donors (Lipinski definition) is 0. The average Bonchev–Trinajstić information content (AvgIpc) is 3.07. The molecule has 2 aromatic carbocycles. The van der Waals surface area contributed by atoms with Gasteiger partial charge in [0.1, 0.15) is 5.82 Å². The van der Waals surface area contributed by atoms with Crippen molar-refractivity contribution in [3.63, 3.8) is 0 Å². The molecule has 1 heterocycles. The number of carbonyl (C=O) groups is 1. The van der Waals surface area contributed by atoms with Crippen molar-refractivity contribution in [2.24, 2.45) is 0 Å². The first-order chi connectivity index (χ1) is 13.4. The highest BCUT2D eigenvalue weighted by Crippen LogP contribution is 2.31. The number of aromatic nitrogens is 1. The van der Waals surface area contributed by atoms with E-state index in [-0.39, 0.29) is 29.9 Å². The number of thiazole rings is 1. The predicted octanol–water partition coefficient (Wildman–Crippen LogP) is 5.59. The Morgan fingerprint density at radius 2 is 1.90 bits per heavy atom. The van der Waals surface area contributed by atoms with Gasteiger partial charge in [-0.2, -0.15) is 0 Å². The third-order valence-corrected chi connectivity index (χ3v) is 6.31. The fourth-order valence-corrected chi connectivity index (χ4v) is 4.69. The fraction of sp³-hybridized carbons (Fsp3) is 0.300. The summed E-state index contributed by atoms with van der Waals surface area (Å²) in [4.78, 5) is 22.3. The van der Waals surface area contributed by atoms with Crippen LogP contribution in [0, 0.1) is 5.82 Å². The third-order valence-electron chi connectivity index (χ3n) is 4.03. The first-order valence-corrected chi connectivity index (χ1v) is 11.0. The second-order valence-corrected chi connectivity index (χ2v) is 9.05. The first-order valence-electron chi connectivity index (χ1n) is 8.82. The molecule has 0 spiro atoms. The number of halogens is 3. The summed E-state index contributed by atoms with van der Waals surface area (Å²) in [5.41, 5.74) is 0.834. The second-order valence-electron chi connectivity index (χ2n) is 6.55. The molecule has 0 aliphatic heterocycles. The van der Waals surface area contributed by atoms with Crippen LogP contribution in [0.25, 0.3) is 10.2 Å². The molecule has 1 aromatic heterocycles. The molecule has 0 N–H and O–H groups in total. The molecule has 1 amide bonds. The normalized spacial score (nSPS) is 10.9. The van der Waals surface area contributed by atoms with E-state index in [9.17, 15) is 9.18 Å². The molecule has 3 rings (SSSR count). The lowest BCUT2D eigenvalue weighted by Crippen LogP contribution is -2.34. The van der Waals surface area contributed by atoms with Gasteiger partial charge in [-0.05, 0) is 69.5 Å². The van der Waals surface area contributed by atoms with E-state index in [4.69, 9.17) is 11.6 Å². The number of nitrogens with zero attached hydrogens (tertiary/aromatic N) is 3. The van der Waals surface area contributed by atoms with E-state index >= 15 is 0 Å². The van der Waals surface area contributed by atoms with E-state index in [0.717, 1.165) is 28.1 Å². The van der Waals surface area contributed by atoms with Crippen LogP contribution >= 0.6 is 47.1 Å². The van der Waals surface area contributed by atoms with Crippen LogP contribution < -0.4 is 4.90 Å². The van der Waals surface area contributed by atoms with Crippen molar-refractivity contribution < 1.29 is 9.18 Å². The topological polar surface area (TPSA) is 36.4 Å². The third kappa shape index (κ3) is 6.83. The molecule has 3 aromatic rings. The molecule has 4 nitrogen and oxygen atoms in total. The zero-order valence-electron chi connectivity index (χ0n) is 16.1. The van der Waals surface area contributed by atoms with Gasteiger partial charge >= 0.3 is 0 Å². The van der Waals surface area contributed by atoms with Crippen molar-refractivity contribution in [1.82, 2.24) is 9.88 Å². The number of benzene rings is 2. The van der Waals surface area contributed by atoms with Gasteiger partial charge < -0.3 is 4.90 Å². The fourth-order valence-electron chi connectivity index (χ4n) is 2.63. The molecule has 0 unspecified atom stereocenters. The molecular formula is C20H22Cl2FN3OS2. The summed E-state index contributed by atoms with van der Waals surface area (Å²) < 4.78 is 14.0. The minimum Gasteiger partial charge on any atom is -0.309 e. The summed E-state index contributed by atoms with van der Waals surface area (Å²) in [6.45, 7) is 1.47. The SMILES string of the molecule is CN(C)CCCN(C(=O)CSc1ccc(F)cc1)c1nc2ccc(Cl)cc2s1.Cl. The molecule has 0 aliphatic carbocycles. The number of carbonyl (C=O) groups excluding carboxylic acids is 1. The molecule has 0 aliphatic rings. The molecule has 0 fully saturated rings. The van der Waals surface area contributed by atoms with Crippen molar-refractivity contribution >= 4 is 68.4 Å². The Balaban J connectivity index is 0.00000300. The van der Waals surface area contributed by atoms with Gasteiger partial charge in [0.05, 0.1) is 16.0 Å². The van der Waals surface area contributed by atoms with Gasteiger partial charge in [0.2, 0.25) is 5.91 Å². The summed E-state index contributed by atoms with van der Waals surface area (Å²) >= 11 is 8.94. The highest BCUT2D eigenvalue weighted by atomic mass is 35.5. The molecule has 0 bridgehead atoms. The van der Waals surface area contributed by atoms with Crippen LogP contribution in [0.3, 0.4) is 0 Å². The van der Waals surface area contributed by atoms with Crippen LogP contribution in [0.5, 0.6) is 0 Å². The van der Waals surface area contributed by atoms with Crippen molar-refractivity contribution in [2.75, 3.05) is 37.8 Å². The summed E-state index contributed by atoms with van der Waals surface area (Å²) in [5.74, 6) is -0.0306. The van der Waals surface area contributed by atoms with Crippen LogP contribution in [0.1, 0.15) is 6.42 Å². The van der Waals surface area contributed by atoms with Crippen molar-refractivity contribution in [3.05, 3.63) is 53.3 Å². The Hall–Kier alpha value is -1.38. The van der Waals surface area contributed by atoms with Gasteiger partial charge in [-0.3, -0.25) is 9.69 Å². The number of anilines is 1. The average molecular weight is 474 g/mol. The number of rotatable bonds is 8. The van der Waals surface area contributed by atoms with Gasteiger partial charge in [0.25, 0.3) is 0 Å². The number of amides is 1. The van der Waals surface area contributed by atoms with Crippen LogP contribution in [-0.4, -0.2) is 48.7 Å². The highest BCUT2D eigenvalue weighted by Gasteiger charge is 2.20. The molecule has 9 heteroatoms. The Bertz CT molecular complexity index is 951. The van der Waals surface area contributed by atoms with Gasteiger partial charge in [-0.15, -0.1) is 24.2 Å². The molecule has 0 saturated heterocycles. The van der Waals surface area contributed by atoms with Gasteiger partial charge in [0, 0.05) is 16.5 Å². The van der Waals surface area contributed by atoms with E-state index in [2.05, 4.69) is 9.88 Å². The van der Waals surface area contributed by atoms with E-state index in [1.54, 1.807) is 23.1 Å². The summed E-state index contributed by atoms with van der Waals surface area (Å²) in [5, 5.41) is 1.33. The van der Waals surface area contributed by atoms with Gasteiger partial charge in [0.15, 0.2) is 5.13 Å². The van der Waals surface area contributed by atoms with Gasteiger partial charge in [-0.1, -0.05) is 22.9 Å². The Morgan fingerprint density at radius 1 is 1.17 bits per heavy atom. The lowest BCUT2D eigenvalue weighted by molar-refractivity contribution is -0.116. The maximum Gasteiger partial charge on any atom is 0.239 e. The molecule has 0 atom stereocenters. The van der Waals surface area contributed by atoms with E-state index in [1.807, 2.05) is 26.2 Å². The molecule has 29 heavy (non-hydrogen) atoms. The minimum absolute atomic E-state index is 0. The van der Waals surface area contributed by atoms with Gasteiger partial charge in [-0.25, -0.2) is 9.37 Å². The van der Waals surface area contributed by atoms with Crippen LogP contribution in [-0.2, 0) is 4.79 Å². The Labute approximate surface area is 189 Å². The lowest BCUT2D eigenvalue weighted by Gasteiger charge is -2.21. The predicted molar refractivity (Wildman–Crippen MR) is 125 cm³/mol. The van der Waals surface area contributed by atoms with Crippen LogP contribution in [0.4, 0.5) is 9.52 Å². The van der Waals surface area contributed by atoms with Crippen molar-refractivity contribution in [1.29, 1.82) is 0 Å². The largest absolute Gasteiger partial charge is 0.309 e. The molecule has 0 saturated carbocycles. The van der Waals surface area contributed by atoms with Crippen molar-refractivity contribution in [2.45, 2.75) is 11.3 Å². The number of hydrogen-bond acceptors (Lipinski definition) is 5. The highest BCUT2D eigenvalue weighted by molar-refractivity contribution is 8.00. The number of thioether (sulfide) groups is 1. The maximum absolute atomic E-state index is 13.1. The van der Waals surface area contributed by atoms with Crippen LogP contribution in [0.2, 0.25) is 5.02 Å². The summed E-state index contributed by atoms with van der Waals surface area (Å²) in [6.07, 6.45) is 0.844. The maximum atomic E-state index is 13.1. The summed E-state index contributed by atoms with van der Waals surface area (Å²) in [6, 6.07) is 11.7. The first kappa shape index (κ1) is 23.9. The minimum atomic E-state index is -0.283. The van der Waals surface area contributed by atoms with E-state index in [0.29, 0.717) is 16.7 Å². The molecule has 156 valence electrons.